The van der Waals surface area contributed by atoms with Crippen molar-refractivity contribution < 1.29 is 32.0 Å². The van der Waals surface area contributed by atoms with Crippen molar-refractivity contribution in [1.82, 2.24) is 0 Å². The first-order chi connectivity index (χ1) is 19.1. The Morgan fingerprint density at radius 2 is 1.07 bits per heavy atom. The fraction of sp³-hybridized carbons (Fsp3) is 0.161. The highest BCUT2D eigenvalue weighted by atomic mass is 32.2. The molecule has 0 fully saturated rings. The predicted molar refractivity (Wildman–Crippen MR) is 158 cm³/mol. The molecule has 0 aromatic heterocycles. The highest BCUT2D eigenvalue weighted by molar-refractivity contribution is 7.95. The van der Waals surface area contributed by atoms with E-state index in [-0.39, 0.29) is 16.8 Å². The zero-order valence-electron chi connectivity index (χ0n) is 22.7. The minimum Gasteiger partial charge on any atom is -0.744 e. The van der Waals surface area contributed by atoms with Gasteiger partial charge in [-0.1, -0.05) is 35.9 Å². The molecule has 0 aliphatic heterocycles. The molecule has 0 atom stereocenters. The van der Waals surface area contributed by atoms with E-state index in [2.05, 4.69) is 19.1 Å². The molecule has 0 saturated carbocycles. The summed E-state index contributed by atoms with van der Waals surface area (Å²) >= 11 is 0. The number of benzene rings is 4. The van der Waals surface area contributed by atoms with E-state index < -0.39 is 17.4 Å². The van der Waals surface area contributed by atoms with Crippen molar-refractivity contribution in [1.29, 1.82) is 0 Å². The van der Waals surface area contributed by atoms with Gasteiger partial charge in [0.05, 0.1) is 36.4 Å². The van der Waals surface area contributed by atoms with Crippen molar-refractivity contribution in [3.63, 3.8) is 0 Å². The maximum Gasteiger partial charge on any atom is 0.337 e. The third kappa shape index (κ3) is 7.02. The second-order valence-corrected chi connectivity index (χ2v) is 14.0. The van der Waals surface area contributed by atoms with Gasteiger partial charge in [0.25, 0.3) is 0 Å². The molecule has 208 valence electrons. The molecule has 0 spiro atoms. The molecule has 4 aromatic carbocycles. The van der Waals surface area contributed by atoms with Crippen molar-refractivity contribution in [3.05, 3.63) is 120 Å². The highest BCUT2D eigenvalue weighted by Crippen LogP contribution is 2.54. The summed E-state index contributed by atoms with van der Waals surface area (Å²) < 4.78 is 40.8. The van der Waals surface area contributed by atoms with Gasteiger partial charge >= 0.3 is 11.9 Å². The van der Waals surface area contributed by atoms with E-state index in [0.717, 1.165) is 11.7 Å². The van der Waals surface area contributed by atoms with Crippen LogP contribution in [-0.4, -0.2) is 45.3 Å². The molecule has 7 nitrogen and oxygen atoms in total. The number of hydrogen-bond donors (Lipinski definition) is 0. The van der Waals surface area contributed by atoms with Gasteiger partial charge in [0.15, 0.2) is 0 Å². The van der Waals surface area contributed by atoms with Crippen LogP contribution < -0.4 is 15.9 Å². The normalized spacial score (nSPS) is 11.1. The van der Waals surface area contributed by atoms with Crippen LogP contribution in [-0.2, 0) is 19.6 Å². The summed E-state index contributed by atoms with van der Waals surface area (Å²) in [6.07, 6.45) is 0.909. The molecule has 0 aliphatic carbocycles. The van der Waals surface area contributed by atoms with Gasteiger partial charge in [-0.25, -0.2) is 18.0 Å². The average molecular weight is 579 g/mol. The molecular formula is C31H31O7PS. The molecule has 0 aliphatic rings. The number of rotatable bonds is 7. The Morgan fingerprint density at radius 1 is 0.675 bits per heavy atom. The van der Waals surface area contributed by atoms with Crippen LogP contribution in [0.2, 0.25) is 0 Å². The first-order valence-corrected chi connectivity index (χ1v) is 15.8. The van der Waals surface area contributed by atoms with Gasteiger partial charge in [-0.2, -0.15) is 0 Å². The lowest BCUT2D eigenvalue weighted by Crippen LogP contribution is -2.33. The van der Waals surface area contributed by atoms with E-state index in [0.29, 0.717) is 11.1 Å². The molecule has 4 rings (SSSR count). The minimum absolute atomic E-state index is 0.178. The number of methoxy groups -OCH3 is 2. The number of carbonyl (C=O) groups is 2. The third-order valence-electron chi connectivity index (χ3n) is 6.44. The molecule has 0 heterocycles. The van der Waals surface area contributed by atoms with E-state index in [9.17, 15) is 22.6 Å². The number of carbonyl (C=O) groups excluding carboxylic acids is 2. The Balaban J connectivity index is 0.000000336. The van der Waals surface area contributed by atoms with Crippen LogP contribution in [0.3, 0.4) is 0 Å². The fourth-order valence-electron chi connectivity index (χ4n) is 4.32. The molecule has 0 saturated heterocycles. The van der Waals surface area contributed by atoms with Crippen molar-refractivity contribution in [2.75, 3.05) is 20.4 Å². The van der Waals surface area contributed by atoms with Gasteiger partial charge in [0.1, 0.15) is 33.3 Å². The van der Waals surface area contributed by atoms with E-state index >= 15 is 0 Å². The van der Waals surface area contributed by atoms with Crippen molar-refractivity contribution >= 4 is 45.2 Å². The van der Waals surface area contributed by atoms with Crippen LogP contribution in [0.5, 0.6) is 0 Å². The highest BCUT2D eigenvalue weighted by Gasteiger charge is 2.43. The summed E-state index contributed by atoms with van der Waals surface area (Å²) in [6, 6.07) is 31.5. The minimum atomic E-state index is -4.27. The second-order valence-electron chi connectivity index (χ2n) is 8.81. The van der Waals surface area contributed by atoms with Crippen LogP contribution in [0.25, 0.3) is 0 Å². The molecule has 4 aromatic rings. The molecule has 0 amide bonds. The van der Waals surface area contributed by atoms with Gasteiger partial charge < -0.3 is 14.0 Å². The molecule has 0 bridgehead atoms. The van der Waals surface area contributed by atoms with E-state index in [4.69, 9.17) is 9.47 Å². The summed E-state index contributed by atoms with van der Waals surface area (Å²) in [5, 5.41) is 3.59. The summed E-state index contributed by atoms with van der Waals surface area (Å²) in [5.41, 5.74) is 1.98. The van der Waals surface area contributed by atoms with Crippen LogP contribution in [0.1, 0.15) is 33.2 Å². The Hall–Kier alpha value is -3.84. The summed E-state index contributed by atoms with van der Waals surface area (Å²) in [6.45, 7) is 4.00. The first-order valence-electron chi connectivity index (χ1n) is 12.4. The van der Waals surface area contributed by atoms with E-state index in [1.165, 1.54) is 42.3 Å². The average Bonchev–Trinajstić information content (AvgIpc) is 2.98. The first kappa shape index (κ1) is 30.7. The molecule has 9 heteroatoms. The zero-order chi connectivity index (χ0) is 29.3. The van der Waals surface area contributed by atoms with Crippen molar-refractivity contribution in [3.8, 4) is 0 Å². The monoisotopic (exact) mass is 578 g/mol. The summed E-state index contributed by atoms with van der Waals surface area (Å²) in [7, 11) is -3.46. The maximum atomic E-state index is 11.9. The number of aryl methyl sites for hydroxylation is 1. The van der Waals surface area contributed by atoms with Crippen LogP contribution in [0.15, 0.2) is 108 Å². The Kier molecular flexibility index (Phi) is 10.3. The van der Waals surface area contributed by atoms with Gasteiger partial charge in [-0.05, 0) is 86.6 Å². The van der Waals surface area contributed by atoms with Crippen LogP contribution >= 0.6 is 7.26 Å². The SMILES string of the molecule is CC[P+](c1ccccc1)(c1ccc(C(=O)OC)cc1)c1ccc(C(=O)OC)cc1.Cc1ccc(S(=O)(=O)[O-])cc1. The smallest absolute Gasteiger partial charge is 0.337 e. The number of hydrogen-bond acceptors (Lipinski definition) is 7. The second kappa shape index (κ2) is 13.5. The zero-order valence-corrected chi connectivity index (χ0v) is 24.4. The molecule has 0 unspecified atom stereocenters. The largest absolute Gasteiger partial charge is 0.744 e. The van der Waals surface area contributed by atoms with Gasteiger partial charge in [-0.15, -0.1) is 0 Å². The van der Waals surface area contributed by atoms with Gasteiger partial charge in [0, 0.05) is 0 Å². The van der Waals surface area contributed by atoms with Crippen LogP contribution in [0.4, 0.5) is 0 Å². The standard InChI is InChI=1S/C24H24O4P.C7H8O3S/c1-4-29(20-8-6-5-7-9-20,21-14-10-18(11-15-21)23(25)27-2)22-16-12-19(13-17-22)24(26)28-3;1-6-2-4-7(5-3-6)11(8,9)10/h5-17H,4H2,1-3H3;2-5H,1H3,(H,8,9,10)/q+1;/p-1. The van der Waals surface area contributed by atoms with Crippen molar-refractivity contribution in [2.45, 2.75) is 18.7 Å². The molecule has 0 N–H and O–H groups in total. The van der Waals surface area contributed by atoms with Gasteiger partial charge in [-0.3, -0.25) is 0 Å². The third-order valence-corrected chi connectivity index (χ3v) is 11.8. The number of ether oxygens (including phenoxy) is 2. The lowest BCUT2D eigenvalue weighted by Gasteiger charge is -2.26. The molecular weight excluding hydrogens is 547 g/mol. The van der Waals surface area contributed by atoms with Gasteiger partial charge in [0.2, 0.25) is 0 Å². The Bertz CT molecular complexity index is 1470. The molecule has 40 heavy (non-hydrogen) atoms. The Labute approximate surface area is 235 Å². The van der Waals surface area contributed by atoms with Crippen molar-refractivity contribution in [2.24, 2.45) is 0 Å². The quantitative estimate of drug-likeness (QED) is 0.181. The maximum absolute atomic E-state index is 11.9. The topological polar surface area (TPSA) is 110 Å². The lowest BCUT2D eigenvalue weighted by atomic mass is 10.2. The Morgan fingerprint density at radius 3 is 1.43 bits per heavy atom. The fourth-order valence-corrected chi connectivity index (χ4v) is 8.78. The van der Waals surface area contributed by atoms with Crippen LogP contribution in [0, 0.1) is 6.92 Å². The number of esters is 2. The summed E-state index contributed by atoms with van der Waals surface area (Å²) in [4.78, 5) is 23.5. The van der Waals surface area contributed by atoms with E-state index in [1.807, 2.05) is 73.7 Å². The molecule has 0 radical (unpaired) electrons. The predicted octanol–water partition coefficient (Wildman–Crippen LogP) is 4.47. The lowest BCUT2D eigenvalue weighted by molar-refractivity contribution is 0.0592. The van der Waals surface area contributed by atoms with E-state index in [1.54, 1.807) is 12.1 Å². The summed E-state index contributed by atoms with van der Waals surface area (Å²) in [5.74, 6) is -0.696.